The van der Waals surface area contributed by atoms with Crippen LogP contribution in [0.4, 0.5) is 0 Å². The molecule has 3 fully saturated rings. The van der Waals surface area contributed by atoms with Crippen molar-refractivity contribution in [3.8, 4) is 0 Å². The third-order valence-electron chi connectivity index (χ3n) is 5.19. The van der Waals surface area contributed by atoms with Gasteiger partial charge in [-0.05, 0) is 30.9 Å². The van der Waals surface area contributed by atoms with E-state index in [0.717, 1.165) is 39.0 Å². The average Bonchev–Trinajstić information content (AvgIpc) is 2.93. The zero-order valence-electron chi connectivity index (χ0n) is 14.6. The zero-order valence-corrected chi connectivity index (χ0v) is 14.6. The van der Waals surface area contributed by atoms with E-state index in [1.165, 1.54) is 0 Å². The molecule has 24 heavy (non-hydrogen) atoms. The zero-order chi connectivity index (χ0) is 17.1. The molecule has 0 saturated carbocycles. The lowest BCUT2D eigenvalue weighted by molar-refractivity contribution is -0.136. The maximum atomic E-state index is 13.1. The number of piperidine rings is 1. The van der Waals surface area contributed by atoms with Gasteiger partial charge in [0.15, 0.2) is 0 Å². The van der Waals surface area contributed by atoms with Crippen LogP contribution in [0.1, 0.15) is 37.0 Å². The Morgan fingerprint density at radius 2 is 1.71 bits per heavy atom. The standard InChI is InChI=1S/C19H27N3O2/c1-14(2)17(20-18(23)15-6-4-3-5-7-15)19(24)22-13-12-21-10-8-16(22)9-11-21/h3-7,14,16-17H,8-13H2,1-2H3,(H,20,23)/t17-/m0/s1. The summed E-state index contributed by atoms with van der Waals surface area (Å²) in [6.07, 6.45) is 2.09. The Morgan fingerprint density at radius 1 is 1.04 bits per heavy atom. The first-order valence-electron chi connectivity index (χ1n) is 8.95. The molecule has 0 aliphatic carbocycles. The van der Waals surface area contributed by atoms with Gasteiger partial charge in [-0.2, -0.15) is 0 Å². The Kier molecular flexibility index (Phi) is 5.19. The van der Waals surface area contributed by atoms with Crippen molar-refractivity contribution in [3.63, 3.8) is 0 Å². The molecular formula is C19H27N3O2. The Bertz CT molecular complexity index is 580. The van der Waals surface area contributed by atoms with Gasteiger partial charge in [0.2, 0.25) is 5.91 Å². The molecule has 5 heteroatoms. The number of carbonyl (C=O) groups excluding carboxylic acids is 2. The van der Waals surface area contributed by atoms with Gasteiger partial charge in [0.1, 0.15) is 6.04 Å². The lowest BCUT2D eigenvalue weighted by Gasteiger charge is -2.35. The smallest absolute Gasteiger partial charge is 0.251 e. The number of nitrogens with zero attached hydrogens (tertiary/aromatic N) is 2. The minimum absolute atomic E-state index is 0.0610. The summed E-state index contributed by atoms with van der Waals surface area (Å²) in [6.45, 7) is 7.86. The van der Waals surface area contributed by atoms with Gasteiger partial charge in [-0.1, -0.05) is 32.0 Å². The summed E-state index contributed by atoms with van der Waals surface area (Å²) in [5.41, 5.74) is 0.596. The summed E-state index contributed by atoms with van der Waals surface area (Å²) >= 11 is 0. The summed E-state index contributed by atoms with van der Waals surface area (Å²) in [5, 5.41) is 2.96. The first-order chi connectivity index (χ1) is 11.6. The molecule has 3 aliphatic rings. The number of rotatable bonds is 4. The monoisotopic (exact) mass is 329 g/mol. The fraction of sp³-hybridized carbons (Fsp3) is 0.579. The Morgan fingerprint density at radius 3 is 2.33 bits per heavy atom. The van der Waals surface area contributed by atoms with Crippen molar-refractivity contribution in [2.24, 2.45) is 5.92 Å². The normalized spacial score (nSPS) is 24.5. The van der Waals surface area contributed by atoms with Crippen LogP contribution in [0, 0.1) is 5.92 Å². The van der Waals surface area contributed by atoms with E-state index in [4.69, 9.17) is 0 Å². The second kappa shape index (κ2) is 7.34. The molecule has 0 aromatic heterocycles. The van der Waals surface area contributed by atoms with E-state index in [1.807, 2.05) is 36.9 Å². The van der Waals surface area contributed by atoms with Gasteiger partial charge >= 0.3 is 0 Å². The van der Waals surface area contributed by atoms with Gasteiger partial charge in [0.05, 0.1) is 0 Å². The van der Waals surface area contributed by atoms with Gasteiger partial charge in [-0.15, -0.1) is 0 Å². The van der Waals surface area contributed by atoms with Crippen LogP contribution in [-0.4, -0.2) is 59.9 Å². The number of benzene rings is 1. The van der Waals surface area contributed by atoms with E-state index in [1.54, 1.807) is 12.1 Å². The van der Waals surface area contributed by atoms with Crippen molar-refractivity contribution >= 4 is 11.8 Å². The SMILES string of the molecule is CC(C)[C@H](NC(=O)c1ccccc1)C(=O)N1CCN2CCC1CC2. The predicted octanol–water partition coefficient (Wildman–Crippen LogP) is 1.75. The van der Waals surface area contributed by atoms with Crippen LogP contribution in [0.15, 0.2) is 30.3 Å². The van der Waals surface area contributed by atoms with Crippen LogP contribution in [0.3, 0.4) is 0 Å². The van der Waals surface area contributed by atoms with Crippen LogP contribution in [0.25, 0.3) is 0 Å². The van der Waals surface area contributed by atoms with Crippen LogP contribution in [-0.2, 0) is 4.79 Å². The lowest BCUT2D eigenvalue weighted by Crippen LogP contribution is -2.54. The van der Waals surface area contributed by atoms with Gasteiger partial charge in [0.25, 0.3) is 5.91 Å². The van der Waals surface area contributed by atoms with Gasteiger partial charge < -0.3 is 15.1 Å². The van der Waals surface area contributed by atoms with Crippen LogP contribution < -0.4 is 5.32 Å². The highest BCUT2D eigenvalue weighted by atomic mass is 16.2. The Balaban J connectivity index is 1.73. The molecule has 1 N–H and O–H groups in total. The predicted molar refractivity (Wildman–Crippen MR) is 93.7 cm³/mol. The second-order valence-electron chi connectivity index (χ2n) is 7.17. The minimum atomic E-state index is -0.468. The largest absolute Gasteiger partial charge is 0.340 e. The maximum absolute atomic E-state index is 13.1. The first kappa shape index (κ1) is 17.0. The quantitative estimate of drug-likeness (QED) is 0.915. The molecule has 3 aliphatic heterocycles. The van der Waals surface area contributed by atoms with E-state index in [2.05, 4.69) is 10.2 Å². The van der Waals surface area contributed by atoms with Crippen LogP contribution in [0.2, 0.25) is 0 Å². The molecule has 1 atom stereocenters. The van der Waals surface area contributed by atoms with E-state index >= 15 is 0 Å². The molecule has 2 bridgehead atoms. The molecule has 3 heterocycles. The summed E-state index contributed by atoms with van der Waals surface area (Å²) in [6, 6.07) is 8.96. The van der Waals surface area contributed by atoms with E-state index in [9.17, 15) is 9.59 Å². The Labute approximate surface area is 144 Å². The van der Waals surface area contributed by atoms with E-state index in [0.29, 0.717) is 11.6 Å². The summed E-state index contributed by atoms with van der Waals surface area (Å²) in [5.74, 6) is -0.0422. The van der Waals surface area contributed by atoms with Gasteiger partial charge in [-0.25, -0.2) is 0 Å². The molecule has 5 nitrogen and oxygen atoms in total. The topological polar surface area (TPSA) is 52.7 Å². The molecule has 0 radical (unpaired) electrons. The number of hydrogen-bond acceptors (Lipinski definition) is 3. The van der Waals surface area contributed by atoms with Crippen molar-refractivity contribution in [1.29, 1.82) is 0 Å². The number of fused-ring (bicyclic) bond motifs is 4. The number of hydrogen-bond donors (Lipinski definition) is 1. The third-order valence-corrected chi connectivity index (χ3v) is 5.19. The van der Waals surface area contributed by atoms with Crippen LogP contribution >= 0.6 is 0 Å². The fourth-order valence-corrected chi connectivity index (χ4v) is 3.68. The molecule has 2 amide bonds. The molecule has 130 valence electrons. The second-order valence-corrected chi connectivity index (χ2v) is 7.17. The Hall–Kier alpha value is -1.88. The fourth-order valence-electron chi connectivity index (χ4n) is 3.68. The molecule has 1 aromatic rings. The highest BCUT2D eigenvalue weighted by Crippen LogP contribution is 2.22. The summed E-state index contributed by atoms with van der Waals surface area (Å²) in [7, 11) is 0. The maximum Gasteiger partial charge on any atom is 0.251 e. The van der Waals surface area contributed by atoms with Gasteiger partial charge in [0, 0.05) is 37.8 Å². The lowest BCUT2D eigenvalue weighted by atomic mass is 9.99. The highest BCUT2D eigenvalue weighted by molar-refractivity contribution is 5.97. The highest BCUT2D eigenvalue weighted by Gasteiger charge is 2.36. The van der Waals surface area contributed by atoms with Gasteiger partial charge in [-0.3, -0.25) is 9.59 Å². The van der Waals surface area contributed by atoms with E-state index in [-0.39, 0.29) is 17.7 Å². The molecule has 0 spiro atoms. The number of carbonyl (C=O) groups is 2. The number of amides is 2. The molecule has 4 rings (SSSR count). The van der Waals surface area contributed by atoms with Crippen molar-refractivity contribution in [1.82, 2.24) is 15.1 Å². The summed E-state index contributed by atoms with van der Waals surface area (Å²) < 4.78 is 0. The molecule has 3 saturated heterocycles. The van der Waals surface area contributed by atoms with E-state index < -0.39 is 6.04 Å². The van der Waals surface area contributed by atoms with Crippen molar-refractivity contribution in [2.45, 2.75) is 38.8 Å². The van der Waals surface area contributed by atoms with Crippen molar-refractivity contribution in [3.05, 3.63) is 35.9 Å². The third kappa shape index (κ3) is 3.61. The summed E-state index contributed by atoms with van der Waals surface area (Å²) in [4.78, 5) is 30.1. The van der Waals surface area contributed by atoms with Crippen molar-refractivity contribution < 1.29 is 9.59 Å². The molecule has 0 unspecified atom stereocenters. The number of nitrogens with one attached hydrogen (secondary N) is 1. The molecular weight excluding hydrogens is 302 g/mol. The minimum Gasteiger partial charge on any atom is -0.340 e. The van der Waals surface area contributed by atoms with Crippen molar-refractivity contribution in [2.75, 3.05) is 26.2 Å². The molecule has 1 aromatic carbocycles. The van der Waals surface area contributed by atoms with Crippen LogP contribution in [0.5, 0.6) is 0 Å². The average molecular weight is 329 g/mol. The first-order valence-corrected chi connectivity index (χ1v) is 8.95.